The van der Waals surface area contributed by atoms with Crippen molar-refractivity contribution < 1.29 is 19.2 Å². The molecule has 1 unspecified atom stereocenters. The molecule has 1 atom stereocenters. The average Bonchev–Trinajstić information content (AvgIpc) is 2.81. The van der Waals surface area contributed by atoms with E-state index in [-0.39, 0.29) is 0 Å². The Labute approximate surface area is 110 Å². The number of hydrogen-bond donors (Lipinski definition) is 0. The van der Waals surface area contributed by atoms with Gasteiger partial charge in [-0.25, -0.2) is 0 Å². The monoisotopic (exact) mass is 264 g/mol. The van der Waals surface area contributed by atoms with Gasteiger partial charge in [-0.15, -0.1) is 11.8 Å². The van der Waals surface area contributed by atoms with E-state index in [9.17, 15) is 0 Å². The summed E-state index contributed by atoms with van der Waals surface area (Å²) in [4.78, 5) is 1.47. The summed E-state index contributed by atoms with van der Waals surface area (Å²) in [5, 5.41) is 7.92. The molecule has 0 saturated carbocycles. The van der Waals surface area contributed by atoms with E-state index in [4.69, 9.17) is 0 Å². The molecule has 0 bridgehead atoms. The van der Waals surface area contributed by atoms with Crippen LogP contribution in [-0.4, -0.2) is 5.25 Å². The number of thioether (sulfide) groups is 1. The zero-order chi connectivity index (χ0) is 11.5. The molecule has 0 nitrogen and oxygen atoms in total. The van der Waals surface area contributed by atoms with Gasteiger partial charge in [-0.1, -0.05) is 36.4 Å². The second-order valence-electron chi connectivity index (χ2n) is 4.00. The van der Waals surface area contributed by atoms with Gasteiger partial charge in [0, 0.05) is 10.1 Å². The van der Waals surface area contributed by atoms with Crippen LogP contribution < -0.4 is 10.4 Å². The van der Waals surface area contributed by atoms with E-state index in [1.807, 2.05) is 11.8 Å². The maximum absolute atomic E-state index is 2.34. The Balaban J connectivity index is 0.000000292. The second kappa shape index (κ2) is 5.40. The molecule has 1 heterocycles. The molecule has 0 N–H and O–H groups in total. The van der Waals surface area contributed by atoms with Gasteiger partial charge >= 0.3 is 29.6 Å². The summed E-state index contributed by atoms with van der Waals surface area (Å²) < 4.78 is 0. The summed E-state index contributed by atoms with van der Waals surface area (Å²) in [6, 6.07) is 4.44. The molecule has 3 rings (SSSR count). The molecule has 1 aliphatic carbocycles. The number of hydrogen-bond acceptors (Lipinski definition) is 1. The molecular formula is C14H16STi. The number of rotatable bonds is 0. The quantitative estimate of drug-likeness (QED) is 0.649. The Morgan fingerprint density at radius 2 is 1.88 bits per heavy atom. The third-order valence-corrected chi connectivity index (χ3v) is 3.72. The summed E-state index contributed by atoms with van der Waals surface area (Å²) >= 11 is 2.47. The molecule has 0 fully saturated rings. The Hall–Kier alpha value is -0.236. The van der Waals surface area contributed by atoms with Gasteiger partial charge < -0.3 is 0 Å². The van der Waals surface area contributed by atoms with Gasteiger partial charge in [-0.3, -0.25) is 0 Å². The fourth-order valence-electron chi connectivity index (χ4n) is 1.93. The normalized spacial score (nSPS) is 18.8. The predicted octanol–water partition coefficient (Wildman–Crippen LogP) is 2.93. The van der Waals surface area contributed by atoms with Crippen molar-refractivity contribution in [1.82, 2.24) is 0 Å². The summed E-state index contributed by atoms with van der Waals surface area (Å²) in [7, 11) is 0. The van der Waals surface area contributed by atoms with Gasteiger partial charge in [0.15, 0.2) is 0 Å². The van der Waals surface area contributed by atoms with Crippen LogP contribution in [0.1, 0.15) is 12.5 Å². The SMILES string of the molecule is CC1C=c2ccc3c(c2S1)C=CC=3.[CH3][Ti][CH3]. The van der Waals surface area contributed by atoms with Crippen molar-refractivity contribution in [2.75, 3.05) is 0 Å². The Kier molecular flexibility index (Phi) is 4.12. The van der Waals surface area contributed by atoms with Crippen molar-refractivity contribution in [3.8, 4) is 0 Å². The van der Waals surface area contributed by atoms with Crippen molar-refractivity contribution in [2.45, 2.75) is 27.5 Å². The number of benzene rings is 1. The van der Waals surface area contributed by atoms with E-state index in [2.05, 4.69) is 53.8 Å². The Morgan fingerprint density at radius 1 is 1.19 bits per heavy atom. The fourth-order valence-corrected chi connectivity index (χ4v) is 3.10. The van der Waals surface area contributed by atoms with Crippen LogP contribution in [0.2, 0.25) is 10.5 Å². The zero-order valence-corrected chi connectivity index (χ0v) is 12.3. The third kappa shape index (κ3) is 2.37. The van der Waals surface area contributed by atoms with Gasteiger partial charge in [-0.05, 0) is 22.9 Å². The van der Waals surface area contributed by atoms with Gasteiger partial charge in [0.2, 0.25) is 0 Å². The topological polar surface area (TPSA) is 0 Å². The molecule has 16 heavy (non-hydrogen) atoms. The first-order valence-electron chi connectivity index (χ1n) is 5.54. The summed E-state index contributed by atoms with van der Waals surface area (Å²) in [6.45, 7) is 2.25. The van der Waals surface area contributed by atoms with Crippen molar-refractivity contribution in [1.29, 1.82) is 0 Å². The molecule has 0 spiro atoms. The van der Waals surface area contributed by atoms with E-state index in [1.165, 1.54) is 20.9 Å². The summed E-state index contributed by atoms with van der Waals surface area (Å²) in [5.74, 6) is 0. The average molecular weight is 264 g/mol. The molecule has 2 heteroatoms. The molecule has 0 radical (unpaired) electrons. The van der Waals surface area contributed by atoms with Crippen molar-refractivity contribution >= 4 is 30.0 Å². The minimum absolute atomic E-state index is 0.500. The molecule has 0 amide bonds. The van der Waals surface area contributed by atoms with Gasteiger partial charge in [0.1, 0.15) is 0 Å². The molecule has 0 saturated heterocycles. The first kappa shape index (κ1) is 12.2. The first-order valence-corrected chi connectivity index (χ1v) is 9.55. The van der Waals surface area contributed by atoms with Crippen LogP contribution in [-0.2, 0) is 19.2 Å². The molecule has 2 aliphatic rings. The van der Waals surface area contributed by atoms with E-state index < -0.39 is 0 Å². The van der Waals surface area contributed by atoms with Crippen LogP contribution in [0.3, 0.4) is 0 Å². The molecular weight excluding hydrogens is 248 g/mol. The molecule has 82 valence electrons. The van der Waals surface area contributed by atoms with Gasteiger partial charge in [-0.2, -0.15) is 0 Å². The van der Waals surface area contributed by atoms with Crippen LogP contribution in [0, 0.1) is 0 Å². The molecule has 1 aromatic carbocycles. The van der Waals surface area contributed by atoms with E-state index in [0.717, 1.165) is 0 Å². The number of allylic oxidation sites excluding steroid dienone is 1. The zero-order valence-electron chi connectivity index (χ0n) is 9.95. The summed E-state index contributed by atoms with van der Waals surface area (Å²) in [5.41, 5.74) is 1.42. The number of fused-ring (bicyclic) bond motifs is 3. The Morgan fingerprint density at radius 3 is 2.62 bits per heavy atom. The summed E-state index contributed by atoms with van der Waals surface area (Å²) in [6.07, 6.45) is 8.87. The van der Waals surface area contributed by atoms with Crippen LogP contribution >= 0.6 is 11.8 Å². The second-order valence-corrected chi connectivity index (χ2v) is 6.95. The maximum atomic E-state index is 2.34. The Bertz CT molecular complexity index is 528. The van der Waals surface area contributed by atoms with Crippen molar-refractivity contribution in [3.63, 3.8) is 0 Å². The van der Waals surface area contributed by atoms with Crippen LogP contribution in [0.5, 0.6) is 0 Å². The predicted molar refractivity (Wildman–Crippen MR) is 70.7 cm³/mol. The fraction of sp³-hybridized carbons (Fsp3) is 0.286. The van der Waals surface area contributed by atoms with Crippen LogP contribution in [0.25, 0.3) is 18.2 Å². The standard InChI is InChI=1S/C12H10S.2CH3.Ti/c1-8-7-10-6-5-9-3-2-4-11(9)12(10)13-8;;;/h2-8H,1H3;2*1H3;. The van der Waals surface area contributed by atoms with Gasteiger partial charge in [0.25, 0.3) is 0 Å². The molecule has 1 aromatic rings. The van der Waals surface area contributed by atoms with Crippen LogP contribution in [0.4, 0.5) is 0 Å². The first-order chi connectivity index (χ1) is 7.76. The molecule has 0 aromatic heterocycles. The van der Waals surface area contributed by atoms with Gasteiger partial charge in [0.05, 0.1) is 0 Å². The minimum atomic E-state index is 0.500. The molecule has 1 aliphatic heterocycles. The van der Waals surface area contributed by atoms with E-state index in [0.29, 0.717) is 24.4 Å². The van der Waals surface area contributed by atoms with E-state index in [1.54, 1.807) is 0 Å². The third-order valence-electron chi connectivity index (χ3n) is 2.52. The van der Waals surface area contributed by atoms with Crippen molar-refractivity contribution in [2.24, 2.45) is 0 Å². The van der Waals surface area contributed by atoms with Crippen molar-refractivity contribution in [3.05, 3.63) is 34.2 Å². The van der Waals surface area contributed by atoms with E-state index >= 15 is 0 Å². The van der Waals surface area contributed by atoms with Crippen LogP contribution in [0.15, 0.2) is 23.1 Å².